The van der Waals surface area contributed by atoms with Crippen molar-refractivity contribution in [3.8, 4) is 0 Å². The molecule has 2 aromatic rings. The number of piperidine rings is 1. The number of benzene rings is 1. The molecule has 0 bridgehead atoms. The van der Waals surface area contributed by atoms with Crippen LogP contribution in [0.4, 0.5) is 0 Å². The molecule has 2 heterocycles. The second kappa shape index (κ2) is 9.19. The lowest BCUT2D eigenvalue weighted by Crippen LogP contribution is -2.43. The van der Waals surface area contributed by atoms with Gasteiger partial charge in [-0.2, -0.15) is 0 Å². The molecule has 0 saturated carbocycles. The van der Waals surface area contributed by atoms with Crippen molar-refractivity contribution in [3.63, 3.8) is 0 Å². The fourth-order valence-corrected chi connectivity index (χ4v) is 4.89. The molecule has 146 valence electrons. The van der Waals surface area contributed by atoms with Crippen molar-refractivity contribution in [3.05, 3.63) is 60.1 Å². The molecule has 1 aromatic carbocycles. The third kappa shape index (κ3) is 5.68. The maximum absolute atomic E-state index is 12.5. The second-order valence-electron chi connectivity index (χ2n) is 6.88. The first-order valence-electron chi connectivity index (χ1n) is 9.36. The molecule has 0 unspecified atom stereocenters. The molecule has 1 amide bonds. The fourth-order valence-electron chi connectivity index (χ4n) is 3.36. The van der Waals surface area contributed by atoms with Crippen LogP contribution in [-0.2, 0) is 27.8 Å². The maximum atomic E-state index is 12.5. The van der Waals surface area contributed by atoms with Gasteiger partial charge in [0.15, 0.2) is 0 Å². The van der Waals surface area contributed by atoms with Gasteiger partial charge in [-0.15, -0.1) is 0 Å². The lowest BCUT2D eigenvalue weighted by molar-refractivity contribution is -0.126. The molecule has 0 spiro atoms. The minimum absolute atomic E-state index is 0.0347. The van der Waals surface area contributed by atoms with Crippen molar-refractivity contribution in [2.75, 3.05) is 18.8 Å². The van der Waals surface area contributed by atoms with E-state index in [0.29, 0.717) is 44.7 Å². The molecule has 7 heteroatoms. The maximum Gasteiger partial charge on any atom is 0.223 e. The Morgan fingerprint density at radius 3 is 2.52 bits per heavy atom. The Labute approximate surface area is 160 Å². The number of furan rings is 1. The molecule has 6 nitrogen and oxygen atoms in total. The van der Waals surface area contributed by atoms with E-state index in [1.54, 1.807) is 12.3 Å². The Kier molecular flexibility index (Phi) is 6.68. The number of carbonyl (C=O) groups is 1. The first-order valence-corrected chi connectivity index (χ1v) is 11.0. The standard InChI is InChI=1S/C20H26N2O4S/c23-20(21-16-19-9-4-14-26-19)18-10-12-22(13-11-18)27(24,25)15-5-8-17-6-2-1-3-7-17/h1-4,6-7,9,14,18H,5,8,10-13,15-16H2,(H,21,23). The monoisotopic (exact) mass is 390 g/mol. The van der Waals surface area contributed by atoms with E-state index in [-0.39, 0.29) is 17.6 Å². The minimum Gasteiger partial charge on any atom is -0.467 e. The van der Waals surface area contributed by atoms with E-state index in [2.05, 4.69) is 5.32 Å². The molecule has 3 rings (SSSR count). The van der Waals surface area contributed by atoms with Crippen molar-refractivity contribution in [1.29, 1.82) is 0 Å². The summed E-state index contributed by atoms with van der Waals surface area (Å²) < 4.78 is 31.8. The molecule has 27 heavy (non-hydrogen) atoms. The van der Waals surface area contributed by atoms with Gasteiger partial charge >= 0.3 is 0 Å². The predicted octanol–water partition coefficient (Wildman–Crippen LogP) is 2.57. The first-order chi connectivity index (χ1) is 13.0. The predicted molar refractivity (Wildman–Crippen MR) is 103 cm³/mol. The highest BCUT2D eigenvalue weighted by molar-refractivity contribution is 7.89. The van der Waals surface area contributed by atoms with Crippen LogP contribution in [0.1, 0.15) is 30.6 Å². The zero-order valence-electron chi connectivity index (χ0n) is 15.3. The molecule has 1 N–H and O–H groups in total. The van der Waals surface area contributed by atoms with Crippen molar-refractivity contribution >= 4 is 15.9 Å². The molecule has 0 radical (unpaired) electrons. The van der Waals surface area contributed by atoms with Crippen LogP contribution in [-0.4, -0.2) is 37.5 Å². The summed E-state index contributed by atoms with van der Waals surface area (Å²) in [7, 11) is -3.26. The highest BCUT2D eigenvalue weighted by Crippen LogP contribution is 2.21. The van der Waals surface area contributed by atoms with Gasteiger partial charge in [0.25, 0.3) is 0 Å². The Morgan fingerprint density at radius 2 is 1.85 bits per heavy atom. The SMILES string of the molecule is O=C(NCc1ccco1)C1CCN(S(=O)(=O)CCCc2ccccc2)CC1. The number of rotatable bonds is 8. The molecule has 1 aliphatic rings. The Morgan fingerprint density at radius 1 is 1.11 bits per heavy atom. The second-order valence-corrected chi connectivity index (χ2v) is 8.96. The largest absolute Gasteiger partial charge is 0.467 e. The highest BCUT2D eigenvalue weighted by Gasteiger charge is 2.30. The lowest BCUT2D eigenvalue weighted by atomic mass is 9.97. The van der Waals surface area contributed by atoms with E-state index >= 15 is 0 Å². The smallest absolute Gasteiger partial charge is 0.223 e. The first kappa shape index (κ1) is 19.6. The van der Waals surface area contributed by atoms with Crippen LogP contribution < -0.4 is 5.32 Å². The van der Waals surface area contributed by atoms with Gasteiger partial charge in [-0.25, -0.2) is 12.7 Å². The van der Waals surface area contributed by atoms with Gasteiger partial charge in [-0.05, 0) is 43.4 Å². The van der Waals surface area contributed by atoms with Crippen LogP contribution in [0.3, 0.4) is 0 Å². The third-order valence-corrected chi connectivity index (χ3v) is 6.90. The number of hydrogen-bond donors (Lipinski definition) is 1. The topological polar surface area (TPSA) is 79.6 Å². The Bertz CT molecular complexity index is 811. The summed E-state index contributed by atoms with van der Waals surface area (Å²) in [5, 5.41) is 2.86. The van der Waals surface area contributed by atoms with Gasteiger partial charge in [0, 0.05) is 19.0 Å². The van der Waals surface area contributed by atoms with Gasteiger partial charge in [0.2, 0.25) is 15.9 Å². The number of sulfonamides is 1. The molecule has 0 aliphatic carbocycles. The van der Waals surface area contributed by atoms with Crippen LogP contribution in [0, 0.1) is 5.92 Å². The number of carbonyl (C=O) groups excluding carboxylic acids is 1. The van der Waals surface area contributed by atoms with Gasteiger partial charge in [0.05, 0.1) is 18.6 Å². The van der Waals surface area contributed by atoms with Crippen molar-refractivity contribution in [2.24, 2.45) is 5.92 Å². The Hall–Kier alpha value is -2.12. The van der Waals surface area contributed by atoms with Gasteiger partial charge in [-0.1, -0.05) is 30.3 Å². The summed E-state index contributed by atoms with van der Waals surface area (Å²) in [6.07, 6.45) is 4.05. The van der Waals surface area contributed by atoms with E-state index < -0.39 is 10.0 Å². The number of hydrogen-bond acceptors (Lipinski definition) is 4. The van der Waals surface area contributed by atoms with Crippen LogP contribution >= 0.6 is 0 Å². The van der Waals surface area contributed by atoms with E-state index in [1.807, 2.05) is 36.4 Å². The normalized spacial score (nSPS) is 16.3. The molecule has 1 saturated heterocycles. The lowest BCUT2D eigenvalue weighted by Gasteiger charge is -2.30. The van der Waals surface area contributed by atoms with Crippen molar-refractivity contribution in [1.82, 2.24) is 9.62 Å². The van der Waals surface area contributed by atoms with E-state index in [4.69, 9.17) is 4.42 Å². The number of amides is 1. The van der Waals surface area contributed by atoms with Crippen molar-refractivity contribution < 1.29 is 17.6 Å². The number of nitrogens with zero attached hydrogens (tertiary/aromatic N) is 1. The fraction of sp³-hybridized carbons (Fsp3) is 0.450. The molecule has 1 fully saturated rings. The Balaban J connectivity index is 1.41. The van der Waals surface area contributed by atoms with Gasteiger partial charge < -0.3 is 9.73 Å². The van der Waals surface area contributed by atoms with E-state index in [1.165, 1.54) is 4.31 Å². The average Bonchev–Trinajstić information content (AvgIpc) is 3.20. The van der Waals surface area contributed by atoms with Gasteiger partial charge in [-0.3, -0.25) is 4.79 Å². The summed E-state index contributed by atoms with van der Waals surface area (Å²) in [6, 6.07) is 13.5. The number of aryl methyl sites for hydroxylation is 1. The summed E-state index contributed by atoms with van der Waals surface area (Å²) in [5.41, 5.74) is 1.15. The third-order valence-electron chi connectivity index (χ3n) is 4.95. The summed E-state index contributed by atoms with van der Waals surface area (Å²) >= 11 is 0. The molecule has 1 aromatic heterocycles. The summed E-state index contributed by atoms with van der Waals surface area (Å²) in [4.78, 5) is 12.3. The van der Waals surface area contributed by atoms with Crippen molar-refractivity contribution in [2.45, 2.75) is 32.2 Å². The molecular weight excluding hydrogens is 364 g/mol. The zero-order valence-corrected chi connectivity index (χ0v) is 16.2. The molecule has 0 atom stereocenters. The van der Waals surface area contributed by atoms with Gasteiger partial charge in [0.1, 0.15) is 5.76 Å². The van der Waals surface area contributed by atoms with E-state index in [9.17, 15) is 13.2 Å². The van der Waals surface area contributed by atoms with Crippen LogP contribution in [0.5, 0.6) is 0 Å². The minimum atomic E-state index is -3.26. The average molecular weight is 391 g/mol. The summed E-state index contributed by atoms with van der Waals surface area (Å²) in [6.45, 7) is 1.18. The molecular formula is C20H26N2O4S. The van der Waals surface area contributed by atoms with Crippen LogP contribution in [0.2, 0.25) is 0 Å². The van der Waals surface area contributed by atoms with Crippen LogP contribution in [0.15, 0.2) is 53.1 Å². The van der Waals surface area contributed by atoms with E-state index in [0.717, 1.165) is 12.0 Å². The zero-order chi connectivity index (χ0) is 19.1. The number of nitrogens with one attached hydrogen (secondary N) is 1. The molecule has 1 aliphatic heterocycles. The summed E-state index contributed by atoms with van der Waals surface area (Å²) in [5.74, 6) is 0.682. The quantitative estimate of drug-likeness (QED) is 0.751. The van der Waals surface area contributed by atoms with Crippen LogP contribution in [0.25, 0.3) is 0 Å². The highest BCUT2D eigenvalue weighted by atomic mass is 32.2.